The Balaban J connectivity index is 1.85. The van der Waals surface area contributed by atoms with Gasteiger partial charge in [-0.25, -0.2) is 0 Å². The molecule has 0 bridgehead atoms. The van der Waals surface area contributed by atoms with E-state index in [2.05, 4.69) is 10.3 Å². The van der Waals surface area contributed by atoms with Crippen LogP contribution in [0.3, 0.4) is 0 Å². The third-order valence-electron chi connectivity index (χ3n) is 4.39. The van der Waals surface area contributed by atoms with Crippen molar-refractivity contribution in [3.8, 4) is 5.75 Å². The molecule has 150 valence electrons. The summed E-state index contributed by atoms with van der Waals surface area (Å²) in [7, 11) is 0. The second-order valence-corrected chi connectivity index (χ2v) is 7.14. The fraction of sp³-hybridized carbons (Fsp3) is 0.250. The maximum Gasteiger partial charge on any atom is 0.259 e. The van der Waals surface area contributed by atoms with E-state index in [1.165, 1.54) is 0 Å². The van der Waals surface area contributed by atoms with Gasteiger partial charge >= 0.3 is 0 Å². The van der Waals surface area contributed by atoms with E-state index >= 15 is 0 Å². The zero-order valence-corrected chi connectivity index (χ0v) is 17.3. The molecule has 0 aliphatic carbocycles. The minimum Gasteiger partial charge on any atom is -0.489 e. The number of benzene rings is 2. The molecule has 0 spiro atoms. The number of ether oxygens (including phenoxy) is 1. The molecule has 3 aromatic rings. The molecule has 0 aliphatic heterocycles. The third-order valence-corrected chi connectivity index (χ3v) is 4.39. The Labute approximate surface area is 172 Å². The highest BCUT2D eigenvalue weighted by atomic mass is 16.5. The Bertz CT molecular complexity index is 985. The van der Waals surface area contributed by atoms with Gasteiger partial charge in [0.05, 0.1) is 29.2 Å². The first kappa shape index (κ1) is 20.4. The van der Waals surface area contributed by atoms with Crippen LogP contribution in [0.4, 0.5) is 17.1 Å². The zero-order valence-electron chi connectivity index (χ0n) is 17.3. The summed E-state index contributed by atoms with van der Waals surface area (Å²) in [6.45, 7) is 8.54. The van der Waals surface area contributed by atoms with Crippen LogP contribution in [0.5, 0.6) is 5.75 Å². The van der Waals surface area contributed by atoms with Crippen LogP contribution in [0.25, 0.3) is 0 Å². The van der Waals surface area contributed by atoms with Gasteiger partial charge in [-0.3, -0.25) is 9.78 Å². The van der Waals surface area contributed by atoms with Gasteiger partial charge in [-0.2, -0.15) is 0 Å². The van der Waals surface area contributed by atoms with Gasteiger partial charge in [0.15, 0.2) is 0 Å². The van der Waals surface area contributed by atoms with Gasteiger partial charge < -0.3 is 15.0 Å². The molecule has 5 nitrogen and oxygen atoms in total. The van der Waals surface area contributed by atoms with Gasteiger partial charge in [-0.15, -0.1) is 0 Å². The van der Waals surface area contributed by atoms with E-state index in [1.54, 1.807) is 17.3 Å². The van der Waals surface area contributed by atoms with Crippen LogP contribution >= 0.6 is 0 Å². The van der Waals surface area contributed by atoms with Crippen molar-refractivity contribution in [2.45, 2.75) is 33.8 Å². The number of aromatic nitrogens is 1. The topological polar surface area (TPSA) is 54.5 Å². The predicted molar refractivity (Wildman–Crippen MR) is 118 cm³/mol. The second-order valence-electron chi connectivity index (χ2n) is 7.14. The number of para-hydroxylation sites is 2. The molecule has 0 fully saturated rings. The molecule has 0 unspecified atom stereocenters. The molecule has 1 aromatic heterocycles. The van der Waals surface area contributed by atoms with E-state index in [0.717, 1.165) is 28.4 Å². The average molecular weight is 389 g/mol. The Morgan fingerprint density at radius 2 is 1.90 bits per heavy atom. The van der Waals surface area contributed by atoms with E-state index in [1.807, 2.05) is 82.3 Å². The van der Waals surface area contributed by atoms with Gasteiger partial charge in [0.2, 0.25) is 0 Å². The molecule has 1 amide bonds. The number of hydrogen-bond acceptors (Lipinski definition) is 4. The van der Waals surface area contributed by atoms with Crippen LogP contribution in [0.2, 0.25) is 0 Å². The van der Waals surface area contributed by atoms with Crippen molar-refractivity contribution in [3.63, 3.8) is 0 Å². The first-order chi connectivity index (χ1) is 14.0. The SMILES string of the molecule is CCN(C(=O)c1cncc(Nc2ccccc2OC(C)C)c1)c1cccc(C)c1. The molecule has 0 saturated carbocycles. The van der Waals surface area contributed by atoms with Gasteiger partial charge in [0, 0.05) is 18.4 Å². The highest BCUT2D eigenvalue weighted by Crippen LogP contribution is 2.28. The fourth-order valence-corrected chi connectivity index (χ4v) is 3.10. The van der Waals surface area contributed by atoms with Crippen LogP contribution < -0.4 is 15.0 Å². The summed E-state index contributed by atoms with van der Waals surface area (Å²) in [6, 6.07) is 17.5. The van der Waals surface area contributed by atoms with Crippen molar-refractivity contribution in [1.29, 1.82) is 0 Å². The number of anilines is 3. The number of amides is 1. The van der Waals surface area contributed by atoms with Crippen molar-refractivity contribution < 1.29 is 9.53 Å². The Morgan fingerprint density at radius 1 is 1.10 bits per heavy atom. The lowest BCUT2D eigenvalue weighted by molar-refractivity contribution is 0.0988. The average Bonchev–Trinajstić information content (AvgIpc) is 2.70. The van der Waals surface area contributed by atoms with Crippen molar-refractivity contribution in [2.75, 3.05) is 16.8 Å². The molecular formula is C24H27N3O2. The molecule has 29 heavy (non-hydrogen) atoms. The maximum absolute atomic E-state index is 13.1. The lowest BCUT2D eigenvalue weighted by atomic mass is 10.1. The van der Waals surface area contributed by atoms with Gasteiger partial charge in [-0.1, -0.05) is 24.3 Å². The van der Waals surface area contributed by atoms with Crippen LogP contribution in [-0.4, -0.2) is 23.5 Å². The Morgan fingerprint density at radius 3 is 2.62 bits per heavy atom. The summed E-state index contributed by atoms with van der Waals surface area (Å²) in [6.07, 6.45) is 3.37. The smallest absolute Gasteiger partial charge is 0.259 e. The van der Waals surface area contributed by atoms with Crippen molar-refractivity contribution in [2.24, 2.45) is 0 Å². The Kier molecular flexibility index (Phi) is 6.50. The van der Waals surface area contributed by atoms with Crippen LogP contribution in [0.15, 0.2) is 67.0 Å². The standard InChI is InChI=1S/C24H27N3O2/c1-5-27(21-10-8-9-18(4)13-21)24(28)19-14-20(16-25-15-19)26-22-11-6-7-12-23(22)29-17(2)3/h6-17,26H,5H2,1-4H3. The van der Waals surface area contributed by atoms with Crippen LogP contribution in [0.1, 0.15) is 36.7 Å². The van der Waals surface area contributed by atoms with E-state index in [-0.39, 0.29) is 12.0 Å². The van der Waals surface area contributed by atoms with E-state index in [9.17, 15) is 4.79 Å². The normalized spacial score (nSPS) is 10.7. The first-order valence-electron chi connectivity index (χ1n) is 9.84. The minimum atomic E-state index is -0.0824. The largest absolute Gasteiger partial charge is 0.489 e. The number of carbonyl (C=O) groups excluding carboxylic acids is 1. The summed E-state index contributed by atoms with van der Waals surface area (Å²) < 4.78 is 5.86. The molecule has 1 N–H and O–H groups in total. The van der Waals surface area contributed by atoms with Gasteiger partial charge in [0.25, 0.3) is 5.91 Å². The molecule has 3 rings (SSSR count). The number of nitrogens with zero attached hydrogens (tertiary/aromatic N) is 2. The van der Waals surface area contributed by atoms with Crippen molar-refractivity contribution in [1.82, 2.24) is 4.98 Å². The molecule has 0 aliphatic rings. The van der Waals surface area contributed by atoms with Gasteiger partial charge in [-0.05, 0) is 63.6 Å². The maximum atomic E-state index is 13.1. The van der Waals surface area contributed by atoms with Crippen LogP contribution in [0, 0.1) is 6.92 Å². The molecule has 0 atom stereocenters. The first-order valence-corrected chi connectivity index (χ1v) is 9.84. The van der Waals surface area contributed by atoms with Crippen LogP contribution in [-0.2, 0) is 0 Å². The quantitative estimate of drug-likeness (QED) is 0.572. The lowest BCUT2D eigenvalue weighted by Gasteiger charge is -2.22. The van der Waals surface area contributed by atoms with E-state index in [4.69, 9.17) is 4.74 Å². The number of pyridine rings is 1. The minimum absolute atomic E-state index is 0.0661. The molecule has 2 aromatic carbocycles. The van der Waals surface area contributed by atoms with Gasteiger partial charge in [0.1, 0.15) is 5.75 Å². The third kappa shape index (κ3) is 5.13. The monoisotopic (exact) mass is 389 g/mol. The zero-order chi connectivity index (χ0) is 20.8. The van der Waals surface area contributed by atoms with Crippen molar-refractivity contribution >= 4 is 23.0 Å². The number of aryl methyl sites for hydroxylation is 1. The predicted octanol–water partition coefficient (Wildman–Crippen LogP) is 5.59. The summed E-state index contributed by atoms with van der Waals surface area (Å²) >= 11 is 0. The van der Waals surface area contributed by atoms with Crippen molar-refractivity contribution in [3.05, 3.63) is 78.1 Å². The highest BCUT2D eigenvalue weighted by Gasteiger charge is 2.17. The summed E-state index contributed by atoms with van der Waals surface area (Å²) in [5.74, 6) is 0.676. The molecule has 0 radical (unpaired) electrons. The molecule has 5 heteroatoms. The summed E-state index contributed by atoms with van der Waals surface area (Å²) in [4.78, 5) is 19.2. The highest BCUT2D eigenvalue weighted by molar-refractivity contribution is 6.06. The Hall–Kier alpha value is -3.34. The molecule has 0 saturated heterocycles. The molecule has 1 heterocycles. The fourth-order valence-electron chi connectivity index (χ4n) is 3.10. The number of nitrogens with one attached hydrogen (secondary N) is 1. The summed E-state index contributed by atoms with van der Waals surface area (Å²) in [5, 5.41) is 3.32. The lowest BCUT2D eigenvalue weighted by Crippen LogP contribution is -2.30. The number of rotatable bonds is 7. The van der Waals surface area contributed by atoms with E-state index < -0.39 is 0 Å². The summed E-state index contributed by atoms with van der Waals surface area (Å²) in [5.41, 5.74) is 4.09. The number of hydrogen-bond donors (Lipinski definition) is 1. The number of carbonyl (C=O) groups is 1. The van der Waals surface area contributed by atoms with E-state index in [0.29, 0.717) is 12.1 Å². The molecular weight excluding hydrogens is 362 g/mol. The second kappa shape index (κ2) is 9.24.